The van der Waals surface area contributed by atoms with Gasteiger partial charge in [0.2, 0.25) is 0 Å². The summed E-state index contributed by atoms with van der Waals surface area (Å²) in [6.07, 6.45) is 0.647. The van der Waals surface area contributed by atoms with Gasteiger partial charge in [-0.15, -0.1) is 0 Å². The van der Waals surface area contributed by atoms with Gasteiger partial charge in [0.1, 0.15) is 5.78 Å². The average molecular weight is 131 g/mol. The molecule has 1 saturated heterocycles. The Bertz CT molecular complexity index is 105. The van der Waals surface area contributed by atoms with Gasteiger partial charge in [0, 0.05) is 19.5 Å². The first-order chi connectivity index (χ1) is 3.80. The molecule has 1 atom stereocenters. The van der Waals surface area contributed by atoms with Crippen LogP contribution in [0.5, 0.6) is 0 Å². The number of thiol groups is 1. The third-order valence-electron chi connectivity index (χ3n) is 1.26. The quantitative estimate of drug-likeness (QED) is 0.448. The van der Waals surface area contributed by atoms with Crippen molar-refractivity contribution in [1.29, 1.82) is 0 Å². The molecule has 1 rings (SSSR count). The molecule has 46 valence electrons. The van der Waals surface area contributed by atoms with Crippen molar-refractivity contribution < 1.29 is 4.79 Å². The molecule has 0 spiro atoms. The number of ketones is 1. The van der Waals surface area contributed by atoms with E-state index in [0.29, 0.717) is 6.42 Å². The molecule has 0 amide bonds. The zero-order chi connectivity index (χ0) is 5.98. The molecule has 0 aliphatic carbocycles. The maximum absolute atomic E-state index is 10.7. The molecular formula is C5H9NOS. The molecule has 0 radical (unpaired) electrons. The van der Waals surface area contributed by atoms with Gasteiger partial charge < -0.3 is 5.32 Å². The van der Waals surface area contributed by atoms with Gasteiger partial charge in [0.25, 0.3) is 0 Å². The molecule has 1 N–H and O–H groups in total. The van der Waals surface area contributed by atoms with Crippen LogP contribution in [-0.2, 0) is 4.79 Å². The van der Waals surface area contributed by atoms with E-state index in [4.69, 9.17) is 0 Å². The molecule has 1 heterocycles. The van der Waals surface area contributed by atoms with E-state index in [2.05, 4.69) is 17.9 Å². The van der Waals surface area contributed by atoms with Crippen LogP contribution in [0.4, 0.5) is 0 Å². The second-order valence-corrected chi connectivity index (χ2v) is 2.56. The van der Waals surface area contributed by atoms with Crippen LogP contribution in [0.15, 0.2) is 0 Å². The summed E-state index contributed by atoms with van der Waals surface area (Å²) in [5.41, 5.74) is 0. The molecule has 1 aliphatic rings. The zero-order valence-corrected chi connectivity index (χ0v) is 5.45. The second kappa shape index (κ2) is 2.51. The highest BCUT2D eigenvalue weighted by molar-refractivity contribution is 7.81. The van der Waals surface area contributed by atoms with Gasteiger partial charge in [-0.3, -0.25) is 4.79 Å². The fourth-order valence-corrected chi connectivity index (χ4v) is 0.989. The minimum atomic E-state index is -0.0521. The van der Waals surface area contributed by atoms with Crippen molar-refractivity contribution in [2.75, 3.05) is 13.1 Å². The molecule has 0 saturated carbocycles. The van der Waals surface area contributed by atoms with E-state index in [-0.39, 0.29) is 11.0 Å². The Labute approximate surface area is 54.1 Å². The second-order valence-electron chi connectivity index (χ2n) is 1.94. The highest BCUT2D eigenvalue weighted by Crippen LogP contribution is 2.02. The summed E-state index contributed by atoms with van der Waals surface area (Å²) in [5.74, 6) is 0.270. The van der Waals surface area contributed by atoms with E-state index in [1.807, 2.05) is 0 Å². The summed E-state index contributed by atoms with van der Waals surface area (Å²) < 4.78 is 0. The van der Waals surface area contributed by atoms with Crippen molar-refractivity contribution in [3.05, 3.63) is 0 Å². The van der Waals surface area contributed by atoms with Crippen molar-refractivity contribution >= 4 is 18.4 Å². The first-order valence-corrected chi connectivity index (χ1v) is 3.24. The minimum absolute atomic E-state index is 0.0521. The van der Waals surface area contributed by atoms with Crippen LogP contribution in [0.1, 0.15) is 6.42 Å². The smallest absolute Gasteiger partial charge is 0.148 e. The maximum Gasteiger partial charge on any atom is 0.148 e. The first-order valence-electron chi connectivity index (χ1n) is 2.72. The van der Waals surface area contributed by atoms with E-state index in [1.165, 1.54) is 0 Å². The first kappa shape index (κ1) is 6.11. The lowest BCUT2D eigenvalue weighted by atomic mass is 10.1. The Morgan fingerprint density at radius 1 is 1.75 bits per heavy atom. The molecule has 2 nitrogen and oxygen atoms in total. The van der Waals surface area contributed by atoms with Crippen LogP contribution < -0.4 is 5.32 Å². The van der Waals surface area contributed by atoms with Gasteiger partial charge in [-0.2, -0.15) is 12.6 Å². The van der Waals surface area contributed by atoms with Crippen LogP contribution in [0.2, 0.25) is 0 Å². The molecule has 8 heavy (non-hydrogen) atoms. The fraction of sp³-hybridized carbons (Fsp3) is 0.800. The van der Waals surface area contributed by atoms with E-state index in [9.17, 15) is 4.79 Å². The summed E-state index contributed by atoms with van der Waals surface area (Å²) in [7, 11) is 0. The Kier molecular flexibility index (Phi) is 1.91. The van der Waals surface area contributed by atoms with Crippen molar-refractivity contribution in [3.8, 4) is 0 Å². The normalized spacial score (nSPS) is 30.6. The van der Waals surface area contributed by atoms with E-state index >= 15 is 0 Å². The van der Waals surface area contributed by atoms with E-state index in [1.54, 1.807) is 0 Å². The van der Waals surface area contributed by atoms with Gasteiger partial charge in [0.15, 0.2) is 0 Å². The standard InChI is InChI=1S/C5H9NOS/c7-4-1-2-6-3-5(4)8/h5-6,8H,1-3H2. The Morgan fingerprint density at radius 2 is 2.50 bits per heavy atom. The van der Waals surface area contributed by atoms with E-state index in [0.717, 1.165) is 13.1 Å². The number of carbonyl (C=O) groups excluding carboxylic acids is 1. The number of Topliss-reactive ketones (excluding diaryl/α,β-unsaturated/α-hetero) is 1. The third kappa shape index (κ3) is 1.23. The van der Waals surface area contributed by atoms with Crippen molar-refractivity contribution in [1.82, 2.24) is 5.32 Å². The summed E-state index contributed by atoms with van der Waals surface area (Å²) in [6.45, 7) is 1.57. The van der Waals surface area contributed by atoms with Crippen LogP contribution >= 0.6 is 12.6 Å². The summed E-state index contributed by atoms with van der Waals surface area (Å²) >= 11 is 4.04. The van der Waals surface area contributed by atoms with Gasteiger partial charge >= 0.3 is 0 Å². The molecule has 1 unspecified atom stereocenters. The Balaban J connectivity index is 2.39. The number of hydrogen-bond acceptors (Lipinski definition) is 3. The molecule has 0 bridgehead atoms. The molecule has 0 aromatic heterocycles. The molecule has 1 fully saturated rings. The van der Waals surface area contributed by atoms with Gasteiger partial charge in [-0.1, -0.05) is 0 Å². The molecule has 3 heteroatoms. The summed E-state index contributed by atoms with van der Waals surface area (Å²) in [5, 5.41) is 3.02. The number of rotatable bonds is 0. The van der Waals surface area contributed by atoms with Crippen molar-refractivity contribution in [3.63, 3.8) is 0 Å². The maximum atomic E-state index is 10.7. The predicted molar refractivity (Wildman–Crippen MR) is 35.3 cm³/mol. The van der Waals surface area contributed by atoms with Crippen molar-refractivity contribution in [2.45, 2.75) is 11.7 Å². The van der Waals surface area contributed by atoms with Crippen molar-refractivity contribution in [2.24, 2.45) is 0 Å². The van der Waals surface area contributed by atoms with Crippen LogP contribution in [0.3, 0.4) is 0 Å². The van der Waals surface area contributed by atoms with Crippen LogP contribution in [0.25, 0.3) is 0 Å². The van der Waals surface area contributed by atoms with Gasteiger partial charge in [-0.25, -0.2) is 0 Å². The monoisotopic (exact) mass is 131 g/mol. The fourth-order valence-electron chi connectivity index (χ4n) is 0.731. The number of carbonyl (C=O) groups is 1. The lowest BCUT2D eigenvalue weighted by Gasteiger charge is -2.15. The summed E-state index contributed by atoms with van der Waals surface area (Å²) in [6, 6.07) is 0. The zero-order valence-electron chi connectivity index (χ0n) is 4.55. The lowest BCUT2D eigenvalue weighted by Crippen LogP contribution is -2.37. The van der Waals surface area contributed by atoms with Crippen LogP contribution in [0, 0.1) is 0 Å². The van der Waals surface area contributed by atoms with Crippen LogP contribution in [-0.4, -0.2) is 24.1 Å². The van der Waals surface area contributed by atoms with Gasteiger partial charge in [-0.05, 0) is 0 Å². The Morgan fingerprint density at radius 3 is 2.88 bits per heavy atom. The summed E-state index contributed by atoms with van der Waals surface area (Å²) in [4.78, 5) is 10.7. The predicted octanol–water partition coefficient (Wildman–Crippen LogP) is -0.153. The highest BCUT2D eigenvalue weighted by atomic mass is 32.1. The SMILES string of the molecule is O=C1CCNCC1S. The number of nitrogens with one attached hydrogen (secondary N) is 1. The minimum Gasteiger partial charge on any atom is -0.315 e. The highest BCUT2D eigenvalue weighted by Gasteiger charge is 2.16. The number of piperidine rings is 1. The number of hydrogen-bond donors (Lipinski definition) is 2. The molecule has 0 aromatic carbocycles. The third-order valence-corrected chi connectivity index (χ3v) is 1.73. The average Bonchev–Trinajstić information content (AvgIpc) is 1.77. The molecule has 1 aliphatic heterocycles. The lowest BCUT2D eigenvalue weighted by molar-refractivity contribution is -0.119. The molecule has 0 aromatic rings. The Hall–Kier alpha value is -0.0200. The largest absolute Gasteiger partial charge is 0.315 e. The molecular weight excluding hydrogens is 122 g/mol. The topological polar surface area (TPSA) is 29.1 Å². The van der Waals surface area contributed by atoms with E-state index < -0.39 is 0 Å². The van der Waals surface area contributed by atoms with Gasteiger partial charge in [0.05, 0.1) is 5.25 Å².